The van der Waals surface area contributed by atoms with E-state index in [-0.39, 0.29) is 13.4 Å². The molecule has 0 saturated heterocycles. The summed E-state index contributed by atoms with van der Waals surface area (Å²) in [6, 6.07) is 96.2. The molecule has 6 heterocycles. The van der Waals surface area contributed by atoms with Gasteiger partial charge in [0.1, 0.15) is 0 Å². The molecule has 6 aliphatic heterocycles. The Morgan fingerprint density at radius 1 is 0.237 bits per heavy atom. The molecule has 0 saturated carbocycles. The summed E-state index contributed by atoms with van der Waals surface area (Å²) >= 11 is 0. The lowest BCUT2D eigenvalue weighted by Crippen LogP contribution is -2.65. The minimum atomic E-state index is -0.0774. The molecule has 80 heavy (non-hydrogen) atoms. The van der Waals surface area contributed by atoms with Crippen LogP contribution in [0.2, 0.25) is 0 Å². The highest BCUT2D eigenvalue weighted by molar-refractivity contribution is 7.03. The number of fused-ring (bicyclic) bond motifs is 10. The van der Waals surface area contributed by atoms with Crippen LogP contribution in [0.25, 0.3) is 0 Å². The summed E-state index contributed by atoms with van der Waals surface area (Å²) in [5.41, 5.74) is 29.9. The molecular weight excluding hydrogens is 970 g/mol. The van der Waals surface area contributed by atoms with Crippen LogP contribution in [0.4, 0.5) is 91.0 Å². The summed E-state index contributed by atoms with van der Waals surface area (Å²) in [7, 11) is 0. The van der Waals surface area contributed by atoms with Gasteiger partial charge in [0, 0.05) is 104 Å². The van der Waals surface area contributed by atoms with Gasteiger partial charge in [-0.05, 0) is 173 Å². The van der Waals surface area contributed by atoms with E-state index in [0.717, 1.165) is 61.5 Å². The van der Waals surface area contributed by atoms with E-state index in [4.69, 9.17) is 0 Å². The minimum absolute atomic E-state index is 0.0774. The molecule has 11 aromatic carbocycles. The van der Waals surface area contributed by atoms with Gasteiger partial charge < -0.3 is 29.4 Å². The summed E-state index contributed by atoms with van der Waals surface area (Å²) in [5, 5.41) is 0. The van der Waals surface area contributed by atoms with Gasteiger partial charge in [0.25, 0.3) is 13.4 Å². The molecule has 6 aliphatic rings. The molecule has 11 aromatic rings. The molecule has 0 radical (unpaired) electrons. The Labute approximate surface area is 468 Å². The maximum atomic E-state index is 2.65. The Morgan fingerprint density at radius 3 is 0.925 bits per heavy atom. The zero-order valence-electron chi connectivity index (χ0n) is 44.3. The lowest BCUT2D eigenvalue weighted by Gasteiger charge is -2.48. The van der Waals surface area contributed by atoms with Gasteiger partial charge in [-0.15, -0.1) is 0 Å². The van der Waals surface area contributed by atoms with Crippen LogP contribution in [-0.4, -0.2) is 26.5 Å². The highest BCUT2D eigenvalue weighted by Gasteiger charge is 2.49. The smallest absolute Gasteiger partial charge is 0.252 e. The van der Waals surface area contributed by atoms with E-state index >= 15 is 0 Å². The second-order valence-corrected chi connectivity index (χ2v) is 22.2. The molecule has 0 fully saturated rings. The predicted molar refractivity (Wildman–Crippen MR) is 338 cm³/mol. The van der Waals surface area contributed by atoms with E-state index in [1.165, 1.54) is 112 Å². The Kier molecular flexibility index (Phi) is 10.2. The first-order valence-corrected chi connectivity index (χ1v) is 28.6. The molecule has 0 bridgehead atoms. The van der Waals surface area contributed by atoms with Crippen molar-refractivity contribution in [2.45, 2.75) is 25.7 Å². The molecule has 8 heteroatoms. The molecule has 378 valence electrons. The first kappa shape index (κ1) is 45.4. The van der Waals surface area contributed by atoms with Crippen LogP contribution in [0.5, 0.6) is 0 Å². The number of nitrogens with zero attached hydrogens (tertiary/aromatic N) is 6. The fourth-order valence-corrected chi connectivity index (χ4v) is 14.7. The van der Waals surface area contributed by atoms with E-state index in [2.05, 4.69) is 284 Å². The van der Waals surface area contributed by atoms with Crippen molar-refractivity contribution in [3.05, 3.63) is 266 Å². The minimum Gasteiger partial charge on any atom is -0.341 e. The summed E-state index contributed by atoms with van der Waals surface area (Å²) in [5.74, 6) is 0. The Morgan fingerprint density at radius 2 is 0.550 bits per heavy atom. The number of rotatable bonds is 6. The van der Waals surface area contributed by atoms with Crippen LogP contribution in [0.15, 0.2) is 255 Å². The number of anilines is 16. The van der Waals surface area contributed by atoms with Gasteiger partial charge in [-0.25, -0.2) is 0 Å². The highest BCUT2D eigenvalue weighted by Crippen LogP contribution is 2.51. The molecule has 0 unspecified atom stereocenters. The van der Waals surface area contributed by atoms with Gasteiger partial charge in [0.2, 0.25) is 0 Å². The molecule has 0 spiro atoms. The van der Waals surface area contributed by atoms with Crippen LogP contribution >= 0.6 is 0 Å². The maximum absolute atomic E-state index is 2.65. The van der Waals surface area contributed by atoms with Gasteiger partial charge in [0.05, 0.1) is 0 Å². The topological polar surface area (TPSA) is 19.4 Å². The zero-order chi connectivity index (χ0) is 52.4. The second-order valence-electron chi connectivity index (χ2n) is 22.2. The van der Waals surface area contributed by atoms with E-state index in [1.807, 2.05) is 0 Å². The van der Waals surface area contributed by atoms with Crippen molar-refractivity contribution in [3.63, 3.8) is 0 Å². The number of para-hydroxylation sites is 8. The third kappa shape index (κ3) is 6.75. The van der Waals surface area contributed by atoms with Gasteiger partial charge in [-0.2, -0.15) is 0 Å². The number of hydrogen-bond donors (Lipinski definition) is 0. The van der Waals surface area contributed by atoms with E-state index in [9.17, 15) is 0 Å². The first-order valence-electron chi connectivity index (χ1n) is 28.6. The van der Waals surface area contributed by atoms with Crippen molar-refractivity contribution in [3.8, 4) is 0 Å². The van der Waals surface area contributed by atoms with Crippen molar-refractivity contribution >= 4 is 137 Å². The van der Waals surface area contributed by atoms with Crippen molar-refractivity contribution < 1.29 is 0 Å². The fourth-order valence-electron chi connectivity index (χ4n) is 14.7. The summed E-state index contributed by atoms with van der Waals surface area (Å²) in [6.07, 6.45) is 4.34. The third-order valence-corrected chi connectivity index (χ3v) is 17.9. The standard InChI is InChI=1S/C72H54B2N6/c1-5-27-51(28-6-1)77-63-39-19-15-35-57(63)73-59-47-60-66(48-65(59)79(53-31-9-3-10-32-53)69-45-55(43-67(77)71(69)73)75-41-21-25-49-23-13-17-37-61(49)75)80(54-33-11-4-12-34-54)70-46-56(76-42-22-26-50-24-14-18-38-62(50)76)44-68-72(70)74(60)58-36-16-20-40-64(58)78(68)52-29-7-2-8-30-52/h1-20,23-24,27-40,43-48H,21-22,25-26,41-42H2. The van der Waals surface area contributed by atoms with Crippen molar-refractivity contribution in [2.75, 3.05) is 42.5 Å². The zero-order valence-corrected chi connectivity index (χ0v) is 44.3. The lowest BCUT2D eigenvalue weighted by atomic mass is 9.30. The van der Waals surface area contributed by atoms with Crippen molar-refractivity contribution in [1.29, 1.82) is 0 Å². The van der Waals surface area contributed by atoms with E-state index in [0.29, 0.717) is 0 Å². The summed E-state index contributed by atoms with van der Waals surface area (Å²) < 4.78 is 0. The molecule has 17 rings (SSSR count). The Balaban J connectivity index is 0.983. The largest absolute Gasteiger partial charge is 0.341 e. The van der Waals surface area contributed by atoms with Crippen LogP contribution in [0, 0.1) is 0 Å². The number of aryl methyl sites for hydroxylation is 2. The van der Waals surface area contributed by atoms with Crippen LogP contribution < -0.4 is 62.2 Å². The third-order valence-electron chi connectivity index (χ3n) is 17.9. The average molecular weight is 1020 g/mol. The van der Waals surface area contributed by atoms with Gasteiger partial charge in [-0.3, -0.25) is 0 Å². The first-order chi connectivity index (χ1) is 39.7. The molecule has 6 nitrogen and oxygen atoms in total. The van der Waals surface area contributed by atoms with Gasteiger partial charge in [-0.1, -0.05) is 152 Å². The molecular formula is C72H54B2N6. The highest BCUT2D eigenvalue weighted by atomic mass is 15.2. The van der Waals surface area contributed by atoms with E-state index in [1.54, 1.807) is 0 Å². The lowest BCUT2D eigenvalue weighted by molar-refractivity contribution is 0.767. The molecule has 0 atom stereocenters. The fraction of sp³-hybridized carbons (Fsp3) is 0.0833. The number of hydrogen-bond acceptors (Lipinski definition) is 6. The normalized spacial score (nSPS) is 15.0. The van der Waals surface area contributed by atoms with Crippen LogP contribution in [-0.2, 0) is 12.8 Å². The molecule has 0 amide bonds. The quantitative estimate of drug-likeness (QED) is 0.154. The van der Waals surface area contributed by atoms with Gasteiger partial charge in [0.15, 0.2) is 0 Å². The Bertz CT molecular complexity index is 4000. The molecule has 0 aliphatic carbocycles. The Hall–Kier alpha value is -9.65. The SMILES string of the molecule is c1ccc(N2c3ccccc3B3c4cc5c(cc4N(c4ccccc4)c4cc(N6CCCc7ccccc76)cc2c43)N(c2ccccc2)c2cc(N3CCCc4ccccc43)cc3c2B5c2ccccc2N3c2ccccc2)cc1. The second kappa shape index (κ2) is 17.9. The predicted octanol–water partition coefficient (Wildman–Crippen LogP) is 14.0. The maximum Gasteiger partial charge on any atom is 0.252 e. The number of benzene rings is 11. The van der Waals surface area contributed by atoms with Crippen LogP contribution in [0.3, 0.4) is 0 Å². The van der Waals surface area contributed by atoms with E-state index < -0.39 is 0 Å². The van der Waals surface area contributed by atoms with Crippen molar-refractivity contribution in [1.82, 2.24) is 0 Å². The molecule has 0 aromatic heterocycles. The monoisotopic (exact) mass is 1020 g/mol. The molecule has 0 N–H and O–H groups in total. The van der Waals surface area contributed by atoms with Crippen molar-refractivity contribution in [2.24, 2.45) is 0 Å². The van der Waals surface area contributed by atoms with Crippen LogP contribution in [0.1, 0.15) is 24.0 Å². The average Bonchev–Trinajstić information content (AvgIpc) is 2.87. The van der Waals surface area contributed by atoms with Gasteiger partial charge >= 0.3 is 0 Å². The summed E-state index contributed by atoms with van der Waals surface area (Å²) in [4.78, 5) is 15.5. The summed E-state index contributed by atoms with van der Waals surface area (Å²) in [6.45, 7) is 1.73.